The maximum Gasteiger partial charge on any atom is 0.0488 e. The van der Waals surface area contributed by atoms with Gasteiger partial charge in [0.1, 0.15) is 0 Å². The quantitative estimate of drug-likeness (QED) is 0.445. The highest BCUT2D eigenvalue weighted by Crippen LogP contribution is 2.12. The third-order valence-electron chi connectivity index (χ3n) is 2.59. The largest absolute Gasteiger partial charge is 0.384 e. The van der Waals surface area contributed by atoms with Crippen molar-refractivity contribution in [2.75, 3.05) is 20.3 Å². The van der Waals surface area contributed by atoms with Gasteiger partial charge in [0.05, 0.1) is 0 Å². The van der Waals surface area contributed by atoms with Crippen LogP contribution in [0, 0.1) is 5.92 Å². The summed E-state index contributed by atoms with van der Waals surface area (Å²) in [5.41, 5.74) is 0. The molecule has 2 heteroatoms. The molecule has 0 spiro atoms. The lowest BCUT2D eigenvalue weighted by atomic mass is 9.98. The second-order valence-electron chi connectivity index (χ2n) is 4.27. The Kier molecular flexibility index (Phi) is 9.96. The summed E-state index contributed by atoms with van der Waals surface area (Å²) >= 11 is 0. The molecular formula is C13H27NO. The van der Waals surface area contributed by atoms with E-state index in [0.29, 0.717) is 12.0 Å². The summed E-state index contributed by atoms with van der Waals surface area (Å²) in [6.07, 6.45) is 6.82. The SMILES string of the molecule is C=CCCCC(CC(C)COC)NCC. The molecule has 2 unspecified atom stereocenters. The molecule has 0 aliphatic rings. The minimum atomic E-state index is 0.639. The van der Waals surface area contributed by atoms with E-state index in [9.17, 15) is 0 Å². The zero-order chi connectivity index (χ0) is 11.5. The third-order valence-corrected chi connectivity index (χ3v) is 2.59. The van der Waals surface area contributed by atoms with Gasteiger partial charge in [-0.05, 0) is 38.1 Å². The summed E-state index contributed by atoms with van der Waals surface area (Å²) in [5.74, 6) is 0.641. The predicted octanol–water partition coefficient (Wildman–Crippen LogP) is 2.99. The Morgan fingerprint density at radius 1 is 1.47 bits per heavy atom. The van der Waals surface area contributed by atoms with Crippen LogP contribution in [0.4, 0.5) is 0 Å². The molecule has 2 atom stereocenters. The Labute approximate surface area is 95.1 Å². The number of methoxy groups -OCH3 is 1. The average molecular weight is 213 g/mol. The molecule has 0 fully saturated rings. The topological polar surface area (TPSA) is 21.3 Å². The van der Waals surface area contributed by atoms with Crippen LogP contribution in [-0.2, 0) is 4.74 Å². The first kappa shape index (κ1) is 14.7. The number of hydrogen-bond donors (Lipinski definition) is 1. The van der Waals surface area contributed by atoms with Crippen LogP contribution in [0.1, 0.15) is 39.5 Å². The van der Waals surface area contributed by atoms with Crippen molar-refractivity contribution in [3.63, 3.8) is 0 Å². The highest BCUT2D eigenvalue weighted by atomic mass is 16.5. The molecular weight excluding hydrogens is 186 g/mol. The Hall–Kier alpha value is -0.340. The van der Waals surface area contributed by atoms with Crippen molar-refractivity contribution in [1.82, 2.24) is 5.32 Å². The van der Waals surface area contributed by atoms with Crippen LogP contribution < -0.4 is 5.32 Å². The van der Waals surface area contributed by atoms with E-state index in [1.807, 2.05) is 6.08 Å². The van der Waals surface area contributed by atoms with Gasteiger partial charge in [-0.25, -0.2) is 0 Å². The molecule has 0 bridgehead atoms. The van der Waals surface area contributed by atoms with Gasteiger partial charge in [-0.1, -0.05) is 19.9 Å². The molecule has 0 radical (unpaired) electrons. The Bertz CT molecular complexity index is 147. The number of rotatable bonds is 10. The second-order valence-corrected chi connectivity index (χ2v) is 4.27. The lowest BCUT2D eigenvalue weighted by Crippen LogP contribution is -2.31. The van der Waals surface area contributed by atoms with Crippen LogP contribution in [0.2, 0.25) is 0 Å². The van der Waals surface area contributed by atoms with Crippen molar-refractivity contribution in [1.29, 1.82) is 0 Å². The lowest BCUT2D eigenvalue weighted by Gasteiger charge is -2.21. The van der Waals surface area contributed by atoms with Crippen LogP contribution in [0.5, 0.6) is 0 Å². The number of hydrogen-bond acceptors (Lipinski definition) is 2. The highest BCUT2D eigenvalue weighted by molar-refractivity contribution is 4.73. The van der Waals surface area contributed by atoms with Gasteiger partial charge in [0.25, 0.3) is 0 Å². The molecule has 0 aliphatic carbocycles. The van der Waals surface area contributed by atoms with E-state index in [1.54, 1.807) is 7.11 Å². The van der Waals surface area contributed by atoms with E-state index in [1.165, 1.54) is 19.3 Å². The van der Waals surface area contributed by atoms with Crippen molar-refractivity contribution in [2.24, 2.45) is 5.92 Å². The molecule has 0 rings (SSSR count). The Morgan fingerprint density at radius 2 is 2.20 bits per heavy atom. The van der Waals surface area contributed by atoms with Gasteiger partial charge in [0.2, 0.25) is 0 Å². The fourth-order valence-corrected chi connectivity index (χ4v) is 1.94. The summed E-state index contributed by atoms with van der Waals surface area (Å²) < 4.78 is 5.16. The summed E-state index contributed by atoms with van der Waals surface area (Å²) in [7, 11) is 1.77. The molecule has 0 heterocycles. The zero-order valence-corrected chi connectivity index (χ0v) is 10.6. The standard InChI is InChI=1S/C13H27NO/c1-5-7-8-9-13(14-6-2)10-12(3)11-15-4/h5,12-14H,1,6-11H2,2-4H3. The zero-order valence-electron chi connectivity index (χ0n) is 10.6. The lowest BCUT2D eigenvalue weighted by molar-refractivity contribution is 0.148. The minimum absolute atomic E-state index is 0.639. The Morgan fingerprint density at radius 3 is 2.73 bits per heavy atom. The first-order chi connectivity index (χ1) is 7.24. The first-order valence-electron chi connectivity index (χ1n) is 6.07. The van der Waals surface area contributed by atoms with E-state index in [-0.39, 0.29) is 0 Å². The fourth-order valence-electron chi connectivity index (χ4n) is 1.94. The number of ether oxygens (including phenoxy) is 1. The monoisotopic (exact) mass is 213 g/mol. The summed E-state index contributed by atoms with van der Waals surface area (Å²) in [4.78, 5) is 0. The van der Waals surface area contributed by atoms with E-state index in [0.717, 1.165) is 19.6 Å². The molecule has 0 aliphatic heterocycles. The summed E-state index contributed by atoms with van der Waals surface area (Å²) in [6.45, 7) is 10.1. The van der Waals surface area contributed by atoms with Crippen LogP contribution >= 0.6 is 0 Å². The molecule has 90 valence electrons. The molecule has 2 nitrogen and oxygen atoms in total. The van der Waals surface area contributed by atoms with Gasteiger partial charge in [0.15, 0.2) is 0 Å². The normalized spacial score (nSPS) is 14.9. The molecule has 0 amide bonds. The summed E-state index contributed by atoms with van der Waals surface area (Å²) in [5, 5.41) is 3.54. The van der Waals surface area contributed by atoms with Crippen LogP contribution in [0.15, 0.2) is 12.7 Å². The molecule has 0 saturated heterocycles. The van der Waals surface area contributed by atoms with Crippen LogP contribution in [-0.4, -0.2) is 26.3 Å². The van der Waals surface area contributed by atoms with Gasteiger partial charge >= 0.3 is 0 Å². The number of allylic oxidation sites excluding steroid dienone is 1. The van der Waals surface area contributed by atoms with E-state index >= 15 is 0 Å². The van der Waals surface area contributed by atoms with E-state index < -0.39 is 0 Å². The van der Waals surface area contributed by atoms with Gasteiger partial charge in [0, 0.05) is 19.8 Å². The number of unbranched alkanes of at least 4 members (excludes halogenated alkanes) is 1. The average Bonchev–Trinajstić information content (AvgIpc) is 2.18. The third kappa shape index (κ3) is 8.64. The van der Waals surface area contributed by atoms with Crippen molar-refractivity contribution in [3.05, 3.63) is 12.7 Å². The van der Waals surface area contributed by atoms with Gasteiger partial charge in [-0.15, -0.1) is 6.58 Å². The second kappa shape index (κ2) is 10.2. The molecule has 0 aromatic heterocycles. The highest BCUT2D eigenvalue weighted by Gasteiger charge is 2.11. The fraction of sp³-hybridized carbons (Fsp3) is 0.846. The van der Waals surface area contributed by atoms with Crippen molar-refractivity contribution >= 4 is 0 Å². The van der Waals surface area contributed by atoms with Gasteiger partial charge in [-0.3, -0.25) is 0 Å². The van der Waals surface area contributed by atoms with Crippen molar-refractivity contribution in [2.45, 2.75) is 45.6 Å². The molecule has 0 aromatic rings. The van der Waals surface area contributed by atoms with E-state index in [2.05, 4.69) is 25.7 Å². The maximum atomic E-state index is 5.16. The van der Waals surface area contributed by atoms with Gasteiger partial charge < -0.3 is 10.1 Å². The van der Waals surface area contributed by atoms with Crippen molar-refractivity contribution in [3.8, 4) is 0 Å². The maximum absolute atomic E-state index is 5.16. The minimum Gasteiger partial charge on any atom is -0.384 e. The predicted molar refractivity (Wildman–Crippen MR) is 67.2 cm³/mol. The molecule has 0 aromatic carbocycles. The van der Waals surface area contributed by atoms with Crippen LogP contribution in [0.3, 0.4) is 0 Å². The molecule has 15 heavy (non-hydrogen) atoms. The van der Waals surface area contributed by atoms with Gasteiger partial charge in [-0.2, -0.15) is 0 Å². The first-order valence-corrected chi connectivity index (χ1v) is 6.07. The molecule has 0 saturated carbocycles. The number of nitrogens with one attached hydrogen (secondary N) is 1. The van der Waals surface area contributed by atoms with E-state index in [4.69, 9.17) is 4.74 Å². The summed E-state index contributed by atoms with van der Waals surface area (Å²) in [6, 6.07) is 0.639. The Balaban J connectivity index is 3.75. The smallest absolute Gasteiger partial charge is 0.0488 e. The van der Waals surface area contributed by atoms with Crippen molar-refractivity contribution < 1.29 is 4.74 Å². The molecule has 1 N–H and O–H groups in total. The van der Waals surface area contributed by atoms with Crippen LogP contribution in [0.25, 0.3) is 0 Å².